The summed E-state index contributed by atoms with van der Waals surface area (Å²) in [6.45, 7) is 1.22. The normalized spacial score (nSPS) is 19.6. The Morgan fingerprint density at radius 1 is 1.00 bits per heavy atom. The van der Waals surface area contributed by atoms with Crippen LogP contribution in [0.3, 0.4) is 0 Å². The molecule has 2 aromatic carbocycles. The first-order valence-corrected chi connectivity index (χ1v) is 9.90. The molecule has 0 spiro atoms. The summed E-state index contributed by atoms with van der Waals surface area (Å²) in [5, 5.41) is 4.28. The molecule has 1 saturated carbocycles. The van der Waals surface area contributed by atoms with Crippen LogP contribution in [0.25, 0.3) is 0 Å². The second-order valence-electron chi connectivity index (χ2n) is 7.52. The van der Waals surface area contributed by atoms with E-state index in [0.717, 1.165) is 48.9 Å². The van der Waals surface area contributed by atoms with Crippen LogP contribution >= 0.6 is 0 Å². The summed E-state index contributed by atoms with van der Waals surface area (Å²) in [7, 11) is 0. The van der Waals surface area contributed by atoms with E-state index in [4.69, 9.17) is 4.84 Å². The topological polar surface area (TPSA) is 41.9 Å². The fourth-order valence-electron chi connectivity index (χ4n) is 4.04. The molecular formula is C23H26N2O2. The molecular weight excluding hydrogens is 336 g/mol. The van der Waals surface area contributed by atoms with Gasteiger partial charge in [-0.3, -0.25) is 4.79 Å². The molecule has 140 valence electrons. The number of rotatable bonds is 6. The lowest BCUT2D eigenvalue weighted by molar-refractivity contribution is -0.137. The maximum atomic E-state index is 13.1. The van der Waals surface area contributed by atoms with Gasteiger partial charge in [-0.25, -0.2) is 0 Å². The lowest BCUT2D eigenvalue weighted by atomic mass is 10.0. The molecule has 1 atom stereocenters. The quantitative estimate of drug-likeness (QED) is 0.764. The molecule has 1 fully saturated rings. The Hall–Kier alpha value is -2.62. The van der Waals surface area contributed by atoms with Gasteiger partial charge in [-0.15, -0.1) is 0 Å². The molecule has 1 aliphatic heterocycles. The number of hydrogen-bond donors (Lipinski definition) is 0. The second kappa shape index (κ2) is 8.38. The van der Waals surface area contributed by atoms with Gasteiger partial charge in [0.1, 0.15) is 0 Å². The summed E-state index contributed by atoms with van der Waals surface area (Å²) >= 11 is 0. The van der Waals surface area contributed by atoms with Crippen LogP contribution in [0.4, 0.5) is 0 Å². The van der Waals surface area contributed by atoms with E-state index in [1.54, 1.807) is 0 Å². The van der Waals surface area contributed by atoms with Crippen molar-refractivity contribution in [2.75, 3.05) is 6.54 Å². The van der Waals surface area contributed by atoms with Crippen molar-refractivity contribution in [3.05, 3.63) is 71.8 Å². The first-order valence-electron chi connectivity index (χ1n) is 9.90. The highest BCUT2D eigenvalue weighted by Crippen LogP contribution is 2.28. The molecule has 4 rings (SSSR count). The number of amides is 1. The maximum Gasteiger partial charge on any atom is 0.226 e. The lowest BCUT2D eigenvalue weighted by Gasteiger charge is -2.27. The van der Waals surface area contributed by atoms with E-state index in [2.05, 4.69) is 29.4 Å². The van der Waals surface area contributed by atoms with Crippen LogP contribution in [0.2, 0.25) is 0 Å². The lowest BCUT2D eigenvalue weighted by Crippen LogP contribution is -2.40. The summed E-state index contributed by atoms with van der Waals surface area (Å²) in [5.74, 6) is 0.442. The van der Waals surface area contributed by atoms with Gasteiger partial charge in [0.05, 0.1) is 12.3 Å². The number of hydrogen-bond acceptors (Lipinski definition) is 3. The fraction of sp³-hybridized carbons (Fsp3) is 0.391. The largest absolute Gasteiger partial charge is 0.390 e. The number of oxime groups is 1. The Bertz CT molecular complexity index is 783. The number of nitrogens with zero attached hydrogens (tertiary/aromatic N) is 2. The minimum atomic E-state index is -0.0747. The molecule has 2 aliphatic rings. The van der Waals surface area contributed by atoms with E-state index in [-0.39, 0.29) is 17.9 Å². The molecule has 2 aromatic rings. The molecule has 0 saturated heterocycles. The Morgan fingerprint density at radius 3 is 2.37 bits per heavy atom. The number of carbonyl (C=O) groups is 1. The van der Waals surface area contributed by atoms with Gasteiger partial charge in [0.2, 0.25) is 5.91 Å². The van der Waals surface area contributed by atoms with Crippen LogP contribution in [-0.4, -0.2) is 29.2 Å². The van der Waals surface area contributed by atoms with Crippen molar-refractivity contribution >= 4 is 11.6 Å². The van der Waals surface area contributed by atoms with E-state index >= 15 is 0 Å². The van der Waals surface area contributed by atoms with Gasteiger partial charge >= 0.3 is 0 Å². The van der Waals surface area contributed by atoms with Crippen molar-refractivity contribution in [3.63, 3.8) is 0 Å². The molecule has 1 aliphatic carbocycles. The van der Waals surface area contributed by atoms with Gasteiger partial charge in [0, 0.05) is 18.9 Å². The van der Waals surface area contributed by atoms with Crippen LogP contribution in [0, 0.1) is 5.92 Å². The third-order valence-corrected chi connectivity index (χ3v) is 5.50. The summed E-state index contributed by atoms with van der Waals surface area (Å²) in [6, 6.07) is 20.3. The van der Waals surface area contributed by atoms with E-state index in [9.17, 15) is 4.79 Å². The van der Waals surface area contributed by atoms with Gasteiger partial charge in [-0.05, 0) is 24.0 Å². The average Bonchev–Trinajstić information content (AvgIpc) is 3.41. The highest BCUT2D eigenvalue weighted by atomic mass is 16.6. The highest BCUT2D eigenvalue weighted by molar-refractivity contribution is 6.01. The SMILES string of the molecule is O=C(C1CCCC1)N(Cc1ccccc1)CC1CC(c2ccccc2)=NO1. The monoisotopic (exact) mass is 362 g/mol. The zero-order valence-electron chi connectivity index (χ0n) is 15.6. The molecule has 1 heterocycles. The van der Waals surface area contributed by atoms with Gasteiger partial charge < -0.3 is 9.74 Å². The van der Waals surface area contributed by atoms with Gasteiger partial charge in [0.15, 0.2) is 6.10 Å². The van der Waals surface area contributed by atoms with Crippen LogP contribution in [0.1, 0.15) is 43.2 Å². The minimum Gasteiger partial charge on any atom is -0.390 e. The summed E-state index contributed by atoms with van der Waals surface area (Å²) < 4.78 is 0. The molecule has 0 N–H and O–H groups in total. The van der Waals surface area contributed by atoms with Crippen LogP contribution in [0.15, 0.2) is 65.8 Å². The zero-order valence-corrected chi connectivity index (χ0v) is 15.6. The van der Waals surface area contributed by atoms with Crippen molar-refractivity contribution in [2.24, 2.45) is 11.1 Å². The van der Waals surface area contributed by atoms with Crippen molar-refractivity contribution in [3.8, 4) is 0 Å². The van der Waals surface area contributed by atoms with Crippen LogP contribution in [-0.2, 0) is 16.2 Å². The second-order valence-corrected chi connectivity index (χ2v) is 7.52. The van der Waals surface area contributed by atoms with Crippen LogP contribution < -0.4 is 0 Å². The number of carbonyl (C=O) groups excluding carboxylic acids is 1. The van der Waals surface area contributed by atoms with E-state index in [1.165, 1.54) is 0 Å². The molecule has 1 amide bonds. The van der Waals surface area contributed by atoms with Gasteiger partial charge in [-0.1, -0.05) is 78.7 Å². The molecule has 1 unspecified atom stereocenters. The molecule has 0 aromatic heterocycles. The van der Waals surface area contributed by atoms with Crippen LogP contribution in [0.5, 0.6) is 0 Å². The summed E-state index contributed by atoms with van der Waals surface area (Å²) in [4.78, 5) is 20.8. The Morgan fingerprint density at radius 2 is 1.67 bits per heavy atom. The Labute approximate surface area is 160 Å². The van der Waals surface area contributed by atoms with Crippen molar-refractivity contribution in [2.45, 2.75) is 44.8 Å². The minimum absolute atomic E-state index is 0.0747. The van der Waals surface area contributed by atoms with Crippen molar-refractivity contribution in [1.29, 1.82) is 0 Å². The van der Waals surface area contributed by atoms with Gasteiger partial charge in [0.25, 0.3) is 0 Å². The predicted octanol–water partition coefficient (Wildman–Crippen LogP) is 4.40. The Kier molecular flexibility index (Phi) is 5.52. The third-order valence-electron chi connectivity index (χ3n) is 5.50. The molecule has 4 heteroatoms. The molecule has 0 radical (unpaired) electrons. The van der Waals surface area contributed by atoms with Crippen molar-refractivity contribution < 1.29 is 9.63 Å². The first-order chi connectivity index (χ1) is 13.3. The highest BCUT2D eigenvalue weighted by Gasteiger charge is 2.31. The number of benzene rings is 2. The predicted molar refractivity (Wildman–Crippen MR) is 106 cm³/mol. The Balaban J connectivity index is 1.44. The van der Waals surface area contributed by atoms with Crippen molar-refractivity contribution in [1.82, 2.24) is 4.90 Å². The molecule has 4 nitrogen and oxygen atoms in total. The maximum absolute atomic E-state index is 13.1. The van der Waals surface area contributed by atoms with E-state index in [1.807, 2.05) is 41.3 Å². The third kappa shape index (κ3) is 4.38. The summed E-state index contributed by atoms with van der Waals surface area (Å²) in [6.07, 6.45) is 5.03. The fourth-order valence-corrected chi connectivity index (χ4v) is 4.04. The van der Waals surface area contributed by atoms with E-state index < -0.39 is 0 Å². The standard InChI is InChI=1S/C23H26N2O2/c26-23(20-13-7-8-14-20)25(16-18-9-3-1-4-10-18)17-21-15-22(24-27-21)19-11-5-2-6-12-19/h1-6,9-12,20-21H,7-8,13-17H2. The molecule has 0 bridgehead atoms. The molecule has 27 heavy (non-hydrogen) atoms. The smallest absolute Gasteiger partial charge is 0.226 e. The average molecular weight is 362 g/mol. The van der Waals surface area contributed by atoms with Gasteiger partial charge in [-0.2, -0.15) is 0 Å². The van der Waals surface area contributed by atoms with E-state index in [0.29, 0.717) is 13.1 Å². The summed E-state index contributed by atoms with van der Waals surface area (Å²) in [5.41, 5.74) is 3.22. The zero-order chi connectivity index (χ0) is 18.5. The first kappa shape index (κ1) is 17.8.